The summed E-state index contributed by atoms with van der Waals surface area (Å²) >= 11 is 0. The molecule has 0 aromatic heterocycles. The topological polar surface area (TPSA) is 77.0 Å². The van der Waals surface area contributed by atoms with Gasteiger partial charge in [-0.1, -0.05) is 31.0 Å². The van der Waals surface area contributed by atoms with Crippen molar-refractivity contribution in [1.82, 2.24) is 15.5 Å². The normalized spacial score (nSPS) is 21.1. The molecule has 3 amide bonds. The smallest absolute Gasteiger partial charge is 0.324 e. The van der Waals surface area contributed by atoms with E-state index in [2.05, 4.69) is 46.7 Å². The minimum Gasteiger partial charge on any atom is -0.356 e. The number of nitrogens with zero attached hydrogens (tertiary/aromatic N) is 3. The first-order valence-corrected chi connectivity index (χ1v) is 9.88. The van der Waals surface area contributed by atoms with Crippen LogP contribution in [0.5, 0.6) is 0 Å². The Balaban J connectivity index is 1.55. The third-order valence-electron chi connectivity index (χ3n) is 5.90. The summed E-state index contributed by atoms with van der Waals surface area (Å²) in [6.45, 7) is 4.56. The van der Waals surface area contributed by atoms with Crippen molar-refractivity contribution in [2.45, 2.75) is 38.0 Å². The Kier molecular flexibility index (Phi) is 4.76. The minimum atomic E-state index is -0.323. The van der Waals surface area contributed by atoms with Crippen molar-refractivity contribution in [3.8, 4) is 0 Å². The van der Waals surface area contributed by atoms with Gasteiger partial charge in [-0.05, 0) is 31.4 Å². The average molecular weight is 369 g/mol. The van der Waals surface area contributed by atoms with Crippen molar-refractivity contribution in [1.29, 1.82) is 0 Å². The molecule has 2 heterocycles. The lowest BCUT2D eigenvalue weighted by Crippen LogP contribution is -2.44. The van der Waals surface area contributed by atoms with Crippen molar-refractivity contribution in [3.05, 3.63) is 29.8 Å². The number of imide groups is 1. The second-order valence-electron chi connectivity index (χ2n) is 7.53. The van der Waals surface area contributed by atoms with Crippen LogP contribution in [0.2, 0.25) is 0 Å². The third-order valence-corrected chi connectivity index (χ3v) is 5.90. The summed E-state index contributed by atoms with van der Waals surface area (Å²) < 4.78 is 0. The lowest BCUT2D eigenvalue weighted by atomic mass is 9.81. The highest BCUT2D eigenvalue weighted by Gasteiger charge is 2.45. The molecule has 27 heavy (non-hydrogen) atoms. The van der Waals surface area contributed by atoms with Crippen LogP contribution in [-0.4, -0.2) is 55.5 Å². The molecule has 7 nitrogen and oxygen atoms in total. The van der Waals surface area contributed by atoms with Crippen LogP contribution in [0.3, 0.4) is 0 Å². The van der Waals surface area contributed by atoms with Crippen LogP contribution in [0.25, 0.3) is 0 Å². The first-order chi connectivity index (χ1) is 13.1. The molecule has 2 N–H and O–H groups in total. The summed E-state index contributed by atoms with van der Waals surface area (Å²) in [6.07, 6.45) is 5.01. The molecule has 4 rings (SSSR count). The number of benzene rings is 1. The van der Waals surface area contributed by atoms with Gasteiger partial charge in [0.2, 0.25) is 5.91 Å². The molecule has 1 aromatic carbocycles. The molecule has 144 valence electrons. The zero-order valence-electron chi connectivity index (χ0n) is 15.8. The summed E-state index contributed by atoms with van der Waals surface area (Å²) in [5.74, 6) is 0.650. The predicted molar refractivity (Wildman–Crippen MR) is 105 cm³/mol. The lowest BCUT2D eigenvalue weighted by molar-refractivity contribution is -0.124. The number of carbonyl (C=O) groups excluding carboxylic acids is 2. The maximum atomic E-state index is 11.7. The van der Waals surface area contributed by atoms with Gasteiger partial charge in [0.1, 0.15) is 0 Å². The lowest BCUT2D eigenvalue weighted by Gasteiger charge is -2.27. The highest BCUT2D eigenvalue weighted by Crippen LogP contribution is 2.50. The van der Waals surface area contributed by atoms with Gasteiger partial charge in [-0.15, -0.1) is 0 Å². The number of fused-ring (bicyclic) bond motifs is 2. The summed E-state index contributed by atoms with van der Waals surface area (Å²) in [6, 6.07) is 8.32. The second kappa shape index (κ2) is 7.21. The van der Waals surface area contributed by atoms with Gasteiger partial charge in [0.15, 0.2) is 5.96 Å². The van der Waals surface area contributed by atoms with Gasteiger partial charge in [-0.3, -0.25) is 14.7 Å². The summed E-state index contributed by atoms with van der Waals surface area (Å²) in [5, 5.41) is 5.94. The van der Waals surface area contributed by atoms with Crippen LogP contribution >= 0.6 is 0 Å². The van der Waals surface area contributed by atoms with Crippen molar-refractivity contribution in [3.63, 3.8) is 0 Å². The Labute approximate surface area is 159 Å². The Morgan fingerprint density at radius 2 is 2.04 bits per heavy atom. The van der Waals surface area contributed by atoms with E-state index in [1.54, 1.807) is 0 Å². The van der Waals surface area contributed by atoms with E-state index >= 15 is 0 Å². The van der Waals surface area contributed by atoms with Gasteiger partial charge in [0, 0.05) is 24.2 Å². The first kappa shape index (κ1) is 17.8. The molecule has 7 heteroatoms. The molecule has 2 fully saturated rings. The number of nitrogens with one attached hydrogen (secondary N) is 2. The van der Waals surface area contributed by atoms with Gasteiger partial charge in [0.25, 0.3) is 0 Å². The average Bonchev–Trinajstić information content (AvgIpc) is 3.36. The molecule has 0 atom stereocenters. The minimum absolute atomic E-state index is 0.0879. The Morgan fingerprint density at radius 1 is 1.26 bits per heavy atom. The summed E-state index contributed by atoms with van der Waals surface area (Å²) in [5.41, 5.74) is 2.90. The van der Waals surface area contributed by atoms with Crippen molar-refractivity contribution >= 4 is 23.6 Å². The molecular formula is C20H27N5O2. The number of amides is 3. The van der Waals surface area contributed by atoms with E-state index in [0.717, 1.165) is 19.0 Å². The monoisotopic (exact) mass is 369 g/mol. The fraction of sp³-hybridized carbons (Fsp3) is 0.550. The Hall–Kier alpha value is -2.57. The fourth-order valence-electron chi connectivity index (χ4n) is 4.63. The van der Waals surface area contributed by atoms with Gasteiger partial charge < -0.3 is 15.5 Å². The number of anilines is 1. The molecule has 1 aromatic rings. The van der Waals surface area contributed by atoms with E-state index in [4.69, 9.17) is 4.99 Å². The van der Waals surface area contributed by atoms with Gasteiger partial charge >= 0.3 is 6.03 Å². The Morgan fingerprint density at radius 3 is 2.74 bits per heavy atom. The zero-order valence-corrected chi connectivity index (χ0v) is 15.8. The number of para-hydroxylation sites is 1. The van der Waals surface area contributed by atoms with Crippen molar-refractivity contribution < 1.29 is 9.59 Å². The van der Waals surface area contributed by atoms with Crippen LogP contribution in [-0.2, 0) is 10.2 Å². The number of urea groups is 1. The maximum absolute atomic E-state index is 11.7. The van der Waals surface area contributed by atoms with Crippen molar-refractivity contribution in [2.24, 2.45) is 4.99 Å². The SMILES string of the molecule is CCNC(=NCCN1C(=O)CNC1=O)N1CC2(CCCC2)c2ccccc21. The number of rotatable bonds is 4. The largest absolute Gasteiger partial charge is 0.356 e. The molecule has 1 spiro atoms. The molecule has 0 unspecified atom stereocenters. The molecule has 0 radical (unpaired) electrons. The fourth-order valence-corrected chi connectivity index (χ4v) is 4.63. The van der Waals surface area contributed by atoms with Gasteiger partial charge in [-0.2, -0.15) is 0 Å². The van der Waals surface area contributed by atoms with Crippen LogP contribution in [0.4, 0.5) is 10.5 Å². The highest BCUT2D eigenvalue weighted by atomic mass is 16.2. The Bertz CT molecular complexity index is 753. The number of carbonyl (C=O) groups is 2. The van der Waals surface area contributed by atoms with E-state index in [1.165, 1.54) is 41.8 Å². The highest BCUT2D eigenvalue weighted by molar-refractivity contribution is 6.02. The van der Waals surface area contributed by atoms with Crippen LogP contribution < -0.4 is 15.5 Å². The van der Waals surface area contributed by atoms with E-state index in [0.29, 0.717) is 13.1 Å². The van der Waals surface area contributed by atoms with Gasteiger partial charge in [-0.25, -0.2) is 4.79 Å². The second-order valence-corrected chi connectivity index (χ2v) is 7.53. The zero-order chi connectivity index (χ0) is 18.9. The quantitative estimate of drug-likeness (QED) is 0.482. The maximum Gasteiger partial charge on any atom is 0.324 e. The molecule has 1 saturated carbocycles. The van der Waals surface area contributed by atoms with E-state index in [1.807, 2.05) is 0 Å². The third kappa shape index (κ3) is 3.15. The number of hydrogen-bond donors (Lipinski definition) is 2. The first-order valence-electron chi connectivity index (χ1n) is 9.88. The number of aliphatic imine (C=N–C) groups is 1. The molecule has 3 aliphatic rings. The van der Waals surface area contributed by atoms with E-state index < -0.39 is 0 Å². The predicted octanol–water partition coefficient (Wildman–Crippen LogP) is 1.84. The van der Waals surface area contributed by atoms with E-state index in [-0.39, 0.29) is 23.9 Å². The van der Waals surface area contributed by atoms with Crippen LogP contribution in [0.1, 0.15) is 38.2 Å². The number of hydrogen-bond acceptors (Lipinski definition) is 3. The van der Waals surface area contributed by atoms with Crippen molar-refractivity contribution in [2.75, 3.05) is 37.6 Å². The molecule has 0 bridgehead atoms. The summed E-state index contributed by atoms with van der Waals surface area (Å²) in [7, 11) is 0. The van der Waals surface area contributed by atoms with E-state index in [9.17, 15) is 9.59 Å². The molecule has 1 saturated heterocycles. The number of guanidine groups is 1. The molecule has 1 aliphatic carbocycles. The standard InChI is InChI=1S/C20H27N5O2/c1-2-21-18(22-11-12-24-17(26)13-23-19(24)27)25-14-20(9-5-6-10-20)15-7-3-4-8-16(15)25/h3-4,7-8H,2,5-6,9-14H2,1H3,(H,21,22)(H,23,27). The van der Waals surface area contributed by atoms with Crippen LogP contribution in [0.15, 0.2) is 29.3 Å². The van der Waals surface area contributed by atoms with Crippen LogP contribution in [0, 0.1) is 0 Å². The summed E-state index contributed by atoms with van der Waals surface area (Å²) in [4.78, 5) is 31.7. The molecule has 2 aliphatic heterocycles. The van der Waals surface area contributed by atoms with Gasteiger partial charge in [0.05, 0.1) is 19.6 Å². The molecular weight excluding hydrogens is 342 g/mol.